The van der Waals surface area contributed by atoms with E-state index in [2.05, 4.69) is 17.5 Å². The van der Waals surface area contributed by atoms with Crippen molar-refractivity contribution >= 4 is 17.0 Å². The summed E-state index contributed by atoms with van der Waals surface area (Å²) in [6, 6.07) is 15.5. The number of phenolic OH excluding ortho intramolecular Hbond substituents is 1. The highest BCUT2D eigenvalue weighted by atomic mass is 32.1. The number of thiophene rings is 1. The van der Waals surface area contributed by atoms with Crippen LogP contribution in [0.15, 0.2) is 64.4 Å². The van der Waals surface area contributed by atoms with Crippen LogP contribution in [0.2, 0.25) is 0 Å². The number of para-hydroxylation sites is 1. The van der Waals surface area contributed by atoms with Crippen LogP contribution in [0.25, 0.3) is 0 Å². The molecule has 2 aliphatic heterocycles. The third-order valence-corrected chi connectivity index (χ3v) is 5.74. The Kier molecular flexibility index (Phi) is 3.79. The Balaban J connectivity index is 1.60. The van der Waals surface area contributed by atoms with Gasteiger partial charge < -0.3 is 14.6 Å². The highest BCUT2D eigenvalue weighted by Crippen LogP contribution is 2.48. The SMILES string of the molecule is COc1ccc(O)c(C2=NN3[C@@H](C2)c2ccccc2O[C@H]3c2ccsc2)c1. The lowest BCUT2D eigenvalue weighted by molar-refractivity contribution is -0.0187. The first-order chi connectivity index (χ1) is 13.2. The number of hydrazone groups is 1. The summed E-state index contributed by atoms with van der Waals surface area (Å²) in [6.45, 7) is 0. The van der Waals surface area contributed by atoms with E-state index in [-0.39, 0.29) is 18.0 Å². The first kappa shape index (κ1) is 16.2. The summed E-state index contributed by atoms with van der Waals surface area (Å²) in [5, 5.41) is 21.4. The van der Waals surface area contributed by atoms with Gasteiger partial charge in [-0.25, -0.2) is 5.01 Å². The van der Waals surface area contributed by atoms with E-state index in [9.17, 15) is 5.11 Å². The summed E-state index contributed by atoms with van der Waals surface area (Å²) >= 11 is 1.64. The van der Waals surface area contributed by atoms with Gasteiger partial charge in [0.25, 0.3) is 0 Å². The zero-order valence-corrected chi connectivity index (χ0v) is 15.5. The molecule has 2 aliphatic rings. The number of ether oxygens (including phenoxy) is 2. The minimum Gasteiger partial charge on any atom is -0.507 e. The second kappa shape index (κ2) is 6.32. The molecule has 0 spiro atoms. The molecular formula is C21H18N2O3S. The topological polar surface area (TPSA) is 54.3 Å². The Labute approximate surface area is 161 Å². The normalized spacial score (nSPS) is 20.5. The van der Waals surface area contributed by atoms with Gasteiger partial charge in [-0.1, -0.05) is 18.2 Å². The molecule has 136 valence electrons. The van der Waals surface area contributed by atoms with Gasteiger partial charge in [0.1, 0.15) is 17.2 Å². The fourth-order valence-corrected chi connectivity index (χ4v) is 4.37. The molecule has 0 fully saturated rings. The van der Waals surface area contributed by atoms with Crippen molar-refractivity contribution in [2.45, 2.75) is 18.7 Å². The lowest BCUT2D eigenvalue weighted by Crippen LogP contribution is -2.33. The number of hydrogen-bond donors (Lipinski definition) is 1. The van der Waals surface area contributed by atoms with E-state index in [1.807, 2.05) is 34.7 Å². The van der Waals surface area contributed by atoms with Gasteiger partial charge in [-0.15, -0.1) is 0 Å². The van der Waals surface area contributed by atoms with Crippen molar-refractivity contribution in [3.8, 4) is 17.2 Å². The Bertz CT molecular complexity index is 1020. The summed E-state index contributed by atoms with van der Waals surface area (Å²) in [4.78, 5) is 0. The smallest absolute Gasteiger partial charge is 0.214 e. The van der Waals surface area contributed by atoms with Crippen molar-refractivity contribution in [2.75, 3.05) is 7.11 Å². The van der Waals surface area contributed by atoms with E-state index in [0.717, 1.165) is 22.6 Å². The fourth-order valence-electron chi connectivity index (χ4n) is 3.71. The number of benzene rings is 2. The summed E-state index contributed by atoms with van der Waals surface area (Å²) in [5.74, 6) is 1.79. The minimum absolute atomic E-state index is 0.0699. The molecule has 0 saturated heterocycles. The van der Waals surface area contributed by atoms with Crippen LogP contribution in [0.3, 0.4) is 0 Å². The third-order valence-electron chi connectivity index (χ3n) is 5.04. The van der Waals surface area contributed by atoms with Crippen molar-refractivity contribution < 1.29 is 14.6 Å². The van der Waals surface area contributed by atoms with Gasteiger partial charge in [-0.2, -0.15) is 16.4 Å². The van der Waals surface area contributed by atoms with E-state index in [1.54, 1.807) is 30.6 Å². The molecule has 0 unspecified atom stereocenters. The van der Waals surface area contributed by atoms with E-state index in [0.29, 0.717) is 17.7 Å². The molecule has 27 heavy (non-hydrogen) atoms. The molecule has 1 N–H and O–H groups in total. The van der Waals surface area contributed by atoms with Gasteiger partial charge in [0.2, 0.25) is 6.23 Å². The number of hydrogen-bond acceptors (Lipinski definition) is 6. The highest BCUT2D eigenvalue weighted by molar-refractivity contribution is 7.07. The zero-order chi connectivity index (χ0) is 18.4. The lowest BCUT2D eigenvalue weighted by Gasteiger charge is -2.37. The van der Waals surface area contributed by atoms with Crippen molar-refractivity contribution in [3.05, 3.63) is 76.0 Å². The number of rotatable bonds is 3. The molecule has 2 atom stereocenters. The molecule has 5 rings (SSSR count). The summed E-state index contributed by atoms with van der Waals surface area (Å²) in [5.41, 5.74) is 3.73. The van der Waals surface area contributed by atoms with E-state index in [4.69, 9.17) is 14.6 Å². The fraction of sp³-hybridized carbons (Fsp3) is 0.190. The van der Waals surface area contributed by atoms with E-state index in [1.165, 1.54) is 0 Å². The van der Waals surface area contributed by atoms with Crippen LogP contribution >= 0.6 is 11.3 Å². The molecule has 5 nitrogen and oxygen atoms in total. The molecule has 0 bridgehead atoms. The predicted octanol–water partition coefficient (Wildman–Crippen LogP) is 4.70. The third kappa shape index (κ3) is 2.64. The molecule has 2 aromatic carbocycles. The maximum Gasteiger partial charge on any atom is 0.214 e. The molecule has 6 heteroatoms. The number of aromatic hydroxyl groups is 1. The molecule has 3 aromatic rings. The quantitative estimate of drug-likeness (QED) is 0.717. The van der Waals surface area contributed by atoms with Crippen LogP contribution in [0, 0.1) is 0 Å². The van der Waals surface area contributed by atoms with Crippen LogP contribution in [-0.4, -0.2) is 22.9 Å². The monoisotopic (exact) mass is 378 g/mol. The van der Waals surface area contributed by atoms with Crippen LogP contribution < -0.4 is 9.47 Å². The van der Waals surface area contributed by atoms with Crippen LogP contribution in [0.4, 0.5) is 0 Å². The number of phenols is 1. The molecule has 0 saturated carbocycles. The first-order valence-corrected chi connectivity index (χ1v) is 9.70. The highest BCUT2D eigenvalue weighted by Gasteiger charge is 2.41. The van der Waals surface area contributed by atoms with Crippen molar-refractivity contribution in [2.24, 2.45) is 5.10 Å². The Hall–Kier alpha value is -2.99. The number of nitrogens with zero attached hydrogens (tertiary/aromatic N) is 2. The maximum absolute atomic E-state index is 10.4. The standard InChI is InChI=1S/C21H18N2O3S/c1-25-14-6-7-19(24)16(10-14)17-11-18-15-4-2-3-5-20(15)26-21(23(18)22-17)13-8-9-27-12-13/h2-10,12,18,21,24H,11H2,1H3/t18-,21-/m0/s1. The Morgan fingerprint density at radius 1 is 1.22 bits per heavy atom. The van der Waals surface area contributed by atoms with Crippen molar-refractivity contribution in [3.63, 3.8) is 0 Å². The van der Waals surface area contributed by atoms with Crippen molar-refractivity contribution in [1.82, 2.24) is 5.01 Å². The Morgan fingerprint density at radius 3 is 2.93 bits per heavy atom. The van der Waals surface area contributed by atoms with Crippen LogP contribution in [0.1, 0.15) is 35.4 Å². The van der Waals surface area contributed by atoms with Gasteiger partial charge in [-0.05, 0) is 41.1 Å². The number of methoxy groups -OCH3 is 1. The average molecular weight is 378 g/mol. The molecule has 3 heterocycles. The largest absolute Gasteiger partial charge is 0.507 e. The minimum atomic E-state index is -0.276. The van der Waals surface area contributed by atoms with E-state index < -0.39 is 0 Å². The summed E-state index contributed by atoms with van der Waals surface area (Å²) in [7, 11) is 1.62. The summed E-state index contributed by atoms with van der Waals surface area (Å²) < 4.78 is 11.6. The van der Waals surface area contributed by atoms with Crippen LogP contribution in [0.5, 0.6) is 17.2 Å². The molecule has 0 amide bonds. The Morgan fingerprint density at radius 2 is 2.11 bits per heavy atom. The lowest BCUT2D eigenvalue weighted by atomic mass is 9.95. The second-order valence-corrected chi connectivity index (χ2v) is 7.37. The van der Waals surface area contributed by atoms with Gasteiger partial charge in [0.15, 0.2) is 0 Å². The van der Waals surface area contributed by atoms with Crippen LogP contribution in [-0.2, 0) is 0 Å². The molecule has 1 aromatic heterocycles. The van der Waals surface area contributed by atoms with Gasteiger partial charge in [-0.3, -0.25) is 0 Å². The summed E-state index contributed by atoms with van der Waals surface area (Å²) in [6.07, 6.45) is 0.420. The zero-order valence-electron chi connectivity index (χ0n) is 14.7. The van der Waals surface area contributed by atoms with Gasteiger partial charge >= 0.3 is 0 Å². The molecular weight excluding hydrogens is 360 g/mol. The first-order valence-electron chi connectivity index (χ1n) is 8.75. The molecule has 0 radical (unpaired) electrons. The maximum atomic E-state index is 10.4. The average Bonchev–Trinajstić information content (AvgIpc) is 3.38. The van der Waals surface area contributed by atoms with Crippen molar-refractivity contribution in [1.29, 1.82) is 0 Å². The van der Waals surface area contributed by atoms with Gasteiger partial charge in [0, 0.05) is 23.1 Å². The van der Waals surface area contributed by atoms with E-state index >= 15 is 0 Å². The van der Waals surface area contributed by atoms with Gasteiger partial charge in [0.05, 0.1) is 18.9 Å². The predicted molar refractivity (Wildman–Crippen MR) is 105 cm³/mol. The second-order valence-electron chi connectivity index (χ2n) is 6.59. The number of fused-ring (bicyclic) bond motifs is 3. The molecule has 0 aliphatic carbocycles.